The fourth-order valence-corrected chi connectivity index (χ4v) is 5.56. The number of likely N-dealkylation sites (tertiary alicyclic amines) is 2. The van der Waals surface area contributed by atoms with Gasteiger partial charge in [0.1, 0.15) is 0 Å². The Bertz CT molecular complexity index is 515. The van der Waals surface area contributed by atoms with E-state index in [0.717, 1.165) is 25.7 Å². The van der Waals surface area contributed by atoms with Crippen molar-refractivity contribution in [3.63, 3.8) is 0 Å². The topological polar surface area (TPSA) is 40.6 Å². The molecule has 0 aliphatic carbocycles. The number of carbonyl (C=O) groups excluding carboxylic acids is 2. The van der Waals surface area contributed by atoms with Gasteiger partial charge in [-0.25, -0.2) is 0 Å². The molecule has 2 fully saturated rings. The first-order chi connectivity index (χ1) is 13.8. The SMILES string of the molecule is CCCCCCCCCCCC(C1CC(C)N(C)C(C)(C)C1)N1C(=O)CCC1=O. The summed E-state index contributed by atoms with van der Waals surface area (Å²) >= 11 is 0. The van der Waals surface area contributed by atoms with Crippen molar-refractivity contribution in [1.82, 2.24) is 9.80 Å². The van der Waals surface area contributed by atoms with Crippen molar-refractivity contribution in [1.29, 1.82) is 0 Å². The van der Waals surface area contributed by atoms with Crippen LogP contribution in [-0.2, 0) is 9.59 Å². The lowest BCUT2D eigenvalue weighted by Crippen LogP contribution is -2.56. The Hall–Kier alpha value is -0.900. The van der Waals surface area contributed by atoms with E-state index in [4.69, 9.17) is 0 Å². The Labute approximate surface area is 179 Å². The molecule has 2 saturated heterocycles. The lowest BCUT2D eigenvalue weighted by Gasteiger charge is -2.50. The van der Waals surface area contributed by atoms with Crippen LogP contribution in [0.25, 0.3) is 0 Å². The second-order valence-corrected chi connectivity index (χ2v) is 10.3. The van der Waals surface area contributed by atoms with Gasteiger partial charge in [0.25, 0.3) is 0 Å². The van der Waals surface area contributed by atoms with Crippen molar-refractivity contribution in [3.8, 4) is 0 Å². The second kappa shape index (κ2) is 11.5. The molecule has 2 aliphatic rings. The van der Waals surface area contributed by atoms with Crippen LogP contribution in [-0.4, -0.2) is 46.3 Å². The highest BCUT2D eigenvalue weighted by molar-refractivity contribution is 6.02. The predicted molar refractivity (Wildman–Crippen MR) is 121 cm³/mol. The molecule has 2 amide bonds. The van der Waals surface area contributed by atoms with Gasteiger partial charge in [-0.15, -0.1) is 0 Å². The fraction of sp³-hybridized carbons (Fsp3) is 0.920. The Morgan fingerprint density at radius 2 is 1.45 bits per heavy atom. The van der Waals surface area contributed by atoms with Crippen LogP contribution >= 0.6 is 0 Å². The number of imide groups is 1. The quantitative estimate of drug-likeness (QED) is 0.298. The summed E-state index contributed by atoms with van der Waals surface area (Å²) in [5.74, 6) is 0.567. The molecule has 0 spiro atoms. The van der Waals surface area contributed by atoms with Crippen molar-refractivity contribution in [2.45, 2.75) is 135 Å². The summed E-state index contributed by atoms with van der Waals surface area (Å²) < 4.78 is 0. The first-order valence-electron chi connectivity index (χ1n) is 12.4. The number of hydrogen-bond acceptors (Lipinski definition) is 3. The van der Waals surface area contributed by atoms with Crippen LogP contribution in [0.5, 0.6) is 0 Å². The molecule has 0 bridgehead atoms. The van der Waals surface area contributed by atoms with E-state index < -0.39 is 0 Å². The van der Waals surface area contributed by atoms with Crippen molar-refractivity contribution >= 4 is 11.8 Å². The van der Waals surface area contributed by atoms with E-state index >= 15 is 0 Å². The molecule has 2 aliphatic heterocycles. The van der Waals surface area contributed by atoms with Crippen LogP contribution in [0.2, 0.25) is 0 Å². The molecule has 0 saturated carbocycles. The maximum Gasteiger partial charge on any atom is 0.229 e. The van der Waals surface area contributed by atoms with Crippen LogP contribution in [0, 0.1) is 5.92 Å². The van der Waals surface area contributed by atoms with Crippen LogP contribution in [0.4, 0.5) is 0 Å². The average Bonchev–Trinajstić information content (AvgIpc) is 2.99. The molecule has 0 N–H and O–H groups in total. The van der Waals surface area contributed by atoms with Crippen molar-refractivity contribution in [3.05, 3.63) is 0 Å². The molecule has 168 valence electrons. The highest BCUT2D eigenvalue weighted by Crippen LogP contribution is 2.39. The summed E-state index contributed by atoms with van der Waals surface area (Å²) in [6, 6.07) is 0.597. The molecular formula is C25H46N2O2. The van der Waals surface area contributed by atoms with E-state index in [0.29, 0.717) is 24.8 Å². The molecule has 0 aromatic carbocycles. The molecule has 2 heterocycles. The maximum atomic E-state index is 12.5. The largest absolute Gasteiger partial charge is 0.299 e. The van der Waals surface area contributed by atoms with Gasteiger partial charge in [0, 0.05) is 30.5 Å². The summed E-state index contributed by atoms with van der Waals surface area (Å²) in [5, 5.41) is 0. The van der Waals surface area contributed by atoms with Gasteiger partial charge < -0.3 is 0 Å². The zero-order valence-electron chi connectivity index (χ0n) is 19.8. The molecule has 4 nitrogen and oxygen atoms in total. The Morgan fingerprint density at radius 1 is 0.931 bits per heavy atom. The van der Waals surface area contributed by atoms with Gasteiger partial charge in [0.2, 0.25) is 11.8 Å². The summed E-state index contributed by atoms with van der Waals surface area (Å²) in [7, 11) is 2.21. The molecular weight excluding hydrogens is 360 g/mol. The third-order valence-corrected chi connectivity index (χ3v) is 7.59. The molecule has 3 unspecified atom stereocenters. The van der Waals surface area contributed by atoms with Gasteiger partial charge in [0.05, 0.1) is 0 Å². The average molecular weight is 407 g/mol. The minimum atomic E-state index is 0.0697. The number of unbranched alkanes of at least 4 members (excludes halogenated alkanes) is 8. The minimum absolute atomic E-state index is 0.0697. The Kier molecular flexibility index (Phi) is 9.65. The first-order valence-corrected chi connectivity index (χ1v) is 12.4. The number of hydrogen-bond donors (Lipinski definition) is 0. The van der Waals surface area contributed by atoms with Crippen LogP contribution in [0.1, 0.15) is 118 Å². The summed E-state index contributed by atoms with van der Waals surface area (Å²) in [4.78, 5) is 29.2. The maximum absolute atomic E-state index is 12.5. The third kappa shape index (κ3) is 6.80. The molecule has 3 atom stereocenters. The van der Waals surface area contributed by atoms with Crippen LogP contribution < -0.4 is 0 Å². The highest BCUT2D eigenvalue weighted by Gasteiger charge is 2.44. The van der Waals surface area contributed by atoms with Crippen LogP contribution in [0.3, 0.4) is 0 Å². The summed E-state index contributed by atoms with van der Waals surface area (Å²) in [6.45, 7) is 9.16. The normalized spacial score (nSPS) is 26.3. The second-order valence-electron chi connectivity index (χ2n) is 10.3. The lowest BCUT2D eigenvalue weighted by molar-refractivity contribution is -0.144. The molecule has 2 rings (SSSR count). The Morgan fingerprint density at radius 3 is 1.97 bits per heavy atom. The van der Waals surface area contributed by atoms with Gasteiger partial charge in [0.15, 0.2) is 0 Å². The number of nitrogens with zero attached hydrogens (tertiary/aromatic N) is 2. The predicted octanol–water partition coefficient (Wildman–Crippen LogP) is 5.93. The van der Waals surface area contributed by atoms with Gasteiger partial charge in [-0.3, -0.25) is 19.4 Å². The van der Waals surface area contributed by atoms with Crippen molar-refractivity contribution in [2.24, 2.45) is 5.92 Å². The van der Waals surface area contributed by atoms with E-state index in [9.17, 15) is 9.59 Å². The number of amides is 2. The standard InChI is InChI=1S/C25H46N2O2/c1-6-7-8-9-10-11-12-13-14-15-22(27-23(28)16-17-24(27)29)21-18-20(2)26(5)25(3,4)19-21/h20-22H,6-19H2,1-5H3. The van der Waals surface area contributed by atoms with E-state index in [1.54, 1.807) is 4.90 Å². The molecule has 29 heavy (non-hydrogen) atoms. The van der Waals surface area contributed by atoms with Crippen LogP contribution in [0.15, 0.2) is 0 Å². The number of carbonyl (C=O) groups is 2. The smallest absolute Gasteiger partial charge is 0.229 e. The Balaban J connectivity index is 1.90. The molecule has 0 aromatic heterocycles. The lowest BCUT2D eigenvalue weighted by atomic mass is 9.74. The van der Waals surface area contributed by atoms with E-state index in [1.165, 1.54) is 51.4 Å². The third-order valence-electron chi connectivity index (χ3n) is 7.59. The zero-order chi connectivity index (χ0) is 21.4. The molecule has 0 aromatic rings. The van der Waals surface area contributed by atoms with Gasteiger partial charge >= 0.3 is 0 Å². The number of piperidine rings is 1. The number of rotatable bonds is 12. The minimum Gasteiger partial charge on any atom is -0.299 e. The van der Waals surface area contributed by atoms with Gasteiger partial charge in [-0.1, -0.05) is 64.7 Å². The van der Waals surface area contributed by atoms with Crippen molar-refractivity contribution in [2.75, 3.05) is 7.05 Å². The summed E-state index contributed by atoms with van der Waals surface area (Å²) in [5.41, 5.74) is 0.116. The van der Waals surface area contributed by atoms with Gasteiger partial charge in [-0.2, -0.15) is 0 Å². The van der Waals surface area contributed by atoms with Crippen molar-refractivity contribution < 1.29 is 9.59 Å². The van der Waals surface area contributed by atoms with Gasteiger partial charge in [-0.05, 0) is 53.0 Å². The van der Waals surface area contributed by atoms with E-state index in [1.807, 2.05) is 0 Å². The first kappa shape index (κ1) is 24.4. The summed E-state index contributed by atoms with van der Waals surface area (Å²) in [6.07, 6.45) is 15.7. The fourth-order valence-electron chi connectivity index (χ4n) is 5.56. The highest BCUT2D eigenvalue weighted by atomic mass is 16.2. The monoisotopic (exact) mass is 406 g/mol. The molecule has 4 heteroatoms. The molecule has 0 radical (unpaired) electrons. The van der Waals surface area contributed by atoms with E-state index in [-0.39, 0.29) is 23.4 Å². The zero-order valence-corrected chi connectivity index (χ0v) is 19.8. The van der Waals surface area contributed by atoms with E-state index in [2.05, 4.69) is 39.6 Å².